The maximum atomic E-state index is 6.36. The lowest BCUT2D eigenvalue weighted by Crippen LogP contribution is -2.18. The Labute approximate surface area is 101 Å². The predicted molar refractivity (Wildman–Crippen MR) is 64.1 cm³/mol. The highest BCUT2D eigenvalue weighted by atomic mass is 35.5. The van der Waals surface area contributed by atoms with Gasteiger partial charge in [-0.05, 0) is 30.6 Å². The second-order valence-corrected chi connectivity index (χ2v) is 5.62. The normalized spacial score (nSPS) is 34.6. The number of aromatic nitrogens is 2. The Morgan fingerprint density at radius 2 is 2.06 bits per heavy atom. The highest BCUT2D eigenvalue weighted by molar-refractivity contribution is 6.31. The van der Waals surface area contributed by atoms with Gasteiger partial charge in [0.2, 0.25) is 0 Å². The van der Waals surface area contributed by atoms with E-state index in [0.29, 0.717) is 5.92 Å². The fraction of sp³-hybridized carbons (Fsp3) is 0.750. The molecule has 3 rings (SSSR count). The molecule has 4 heteroatoms. The summed E-state index contributed by atoms with van der Waals surface area (Å²) in [7, 11) is 1.92. The van der Waals surface area contributed by atoms with Crippen LogP contribution >= 0.6 is 11.6 Å². The summed E-state index contributed by atoms with van der Waals surface area (Å²) in [6.45, 7) is 0. The summed E-state index contributed by atoms with van der Waals surface area (Å²) in [5, 5.41) is 4.89. The molecule has 0 bridgehead atoms. The molecule has 1 aromatic rings. The summed E-state index contributed by atoms with van der Waals surface area (Å²) in [6.07, 6.45) is 7.17. The zero-order valence-electron chi connectivity index (χ0n) is 9.56. The number of hydrogen-bond acceptors (Lipinski definition) is 2. The summed E-state index contributed by atoms with van der Waals surface area (Å²) in [5.74, 6) is 2.36. The molecule has 1 heterocycles. The van der Waals surface area contributed by atoms with E-state index in [0.717, 1.165) is 22.6 Å². The number of hydrogen-bond donors (Lipinski definition) is 1. The summed E-state index contributed by atoms with van der Waals surface area (Å²) >= 11 is 6.15. The van der Waals surface area contributed by atoms with Gasteiger partial charge >= 0.3 is 0 Å². The third-order valence-corrected chi connectivity index (χ3v) is 4.68. The lowest BCUT2D eigenvalue weighted by Gasteiger charge is -2.12. The lowest BCUT2D eigenvalue weighted by molar-refractivity contribution is 0.480. The van der Waals surface area contributed by atoms with Crippen molar-refractivity contribution in [3.8, 4) is 0 Å². The Bertz CT molecular complexity index is 369. The van der Waals surface area contributed by atoms with Crippen molar-refractivity contribution in [1.82, 2.24) is 9.78 Å². The summed E-state index contributed by atoms with van der Waals surface area (Å²) in [6, 6.07) is 0.0769. The van der Waals surface area contributed by atoms with Crippen LogP contribution in [0.5, 0.6) is 0 Å². The van der Waals surface area contributed by atoms with Gasteiger partial charge in [-0.25, -0.2) is 0 Å². The van der Waals surface area contributed by atoms with Gasteiger partial charge in [-0.2, -0.15) is 5.10 Å². The fourth-order valence-corrected chi connectivity index (χ4v) is 3.85. The third-order valence-electron chi connectivity index (χ3n) is 4.39. The maximum Gasteiger partial charge on any atom is 0.0834 e. The molecule has 2 fully saturated rings. The minimum Gasteiger partial charge on any atom is -0.322 e. The van der Waals surface area contributed by atoms with Crippen LogP contribution in [0.3, 0.4) is 0 Å². The molecule has 3 atom stereocenters. The standard InChI is InChI=1S/C12H18ClN3/c1-16-12(9(13)6-15-16)11(14)10-7-4-2-3-5-8(7)10/h6-8,10-11H,2-5,14H2,1H3. The average molecular weight is 240 g/mol. The van der Waals surface area contributed by atoms with E-state index < -0.39 is 0 Å². The Hall–Kier alpha value is -0.540. The number of aryl methyl sites for hydroxylation is 1. The van der Waals surface area contributed by atoms with E-state index >= 15 is 0 Å². The van der Waals surface area contributed by atoms with Gasteiger partial charge in [-0.3, -0.25) is 4.68 Å². The highest BCUT2D eigenvalue weighted by Gasteiger charge is 2.54. The minimum atomic E-state index is 0.0769. The number of nitrogens with zero attached hydrogens (tertiary/aromatic N) is 2. The molecule has 0 spiro atoms. The molecular weight excluding hydrogens is 222 g/mol. The number of fused-ring (bicyclic) bond motifs is 1. The molecule has 0 amide bonds. The zero-order valence-corrected chi connectivity index (χ0v) is 10.3. The van der Waals surface area contributed by atoms with E-state index in [9.17, 15) is 0 Å². The Morgan fingerprint density at radius 3 is 2.56 bits per heavy atom. The van der Waals surface area contributed by atoms with Gasteiger partial charge in [0.25, 0.3) is 0 Å². The SMILES string of the molecule is Cn1ncc(Cl)c1C(N)C1C2CCCCC21. The van der Waals surface area contributed by atoms with Crippen LogP contribution in [0, 0.1) is 17.8 Å². The van der Waals surface area contributed by atoms with E-state index in [1.165, 1.54) is 25.7 Å². The quantitative estimate of drug-likeness (QED) is 0.862. The molecule has 0 radical (unpaired) electrons. The fourth-order valence-electron chi connectivity index (χ4n) is 3.56. The molecule has 2 saturated carbocycles. The van der Waals surface area contributed by atoms with Crippen LogP contribution in [0.25, 0.3) is 0 Å². The van der Waals surface area contributed by atoms with Crippen molar-refractivity contribution < 1.29 is 0 Å². The van der Waals surface area contributed by atoms with Gasteiger partial charge in [0.05, 0.1) is 23.0 Å². The average Bonchev–Trinajstić information content (AvgIpc) is 2.91. The van der Waals surface area contributed by atoms with Crippen LogP contribution < -0.4 is 5.73 Å². The monoisotopic (exact) mass is 239 g/mol. The summed E-state index contributed by atoms with van der Waals surface area (Å²) in [5.41, 5.74) is 7.38. The van der Waals surface area contributed by atoms with E-state index in [-0.39, 0.29) is 6.04 Å². The van der Waals surface area contributed by atoms with Gasteiger partial charge < -0.3 is 5.73 Å². The molecule has 0 saturated heterocycles. The zero-order chi connectivity index (χ0) is 11.3. The molecule has 0 aromatic carbocycles. The van der Waals surface area contributed by atoms with Gasteiger partial charge in [-0.15, -0.1) is 0 Å². The Kier molecular flexibility index (Phi) is 2.48. The predicted octanol–water partition coefficient (Wildman–Crippen LogP) is 2.51. The number of nitrogens with two attached hydrogens (primary N) is 1. The van der Waals surface area contributed by atoms with E-state index in [2.05, 4.69) is 5.10 Å². The first kappa shape index (κ1) is 10.6. The molecular formula is C12H18ClN3. The smallest absolute Gasteiger partial charge is 0.0834 e. The second kappa shape index (κ2) is 3.74. The number of rotatable bonds is 2. The lowest BCUT2D eigenvalue weighted by atomic mass is 10.0. The number of halogens is 1. The van der Waals surface area contributed by atoms with Gasteiger partial charge in [-0.1, -0.05) is 24.4 Å². The van der Waals surface area contributed by atoms with Crippen LogP contribution in [-0.2, 0) is 7.05 Å². The molecule has 3 nitrogen and oxygen atoms in total. The summed E-state index contributed by atoms with van der Waals surface area (Å²) < 4.78 is 1.83. The molecule has 2 aliphatic carbocycles. The third kappa shape index (κ3) is 1.49. The summed E-state index contributed by atoms with van der Waals surface area (Å²) in [4.78, 5) is 0. The Morgan fingerprint density at radius 1 is 1.44 bits per heavy atom. The first-order valence-corrected chi connectivity index (χ1v) is 6.51. The molecule has 2 N–H and O–H groups in total. The van der Waals surface area contributed by atoms with Crippen LogP contribution in [0.4, 0.5) is 0 Å². The van der Waals surface area contributed by atoms with Crippen molar-refractivity contribution in [3.05, 3.63) is 16.9 Å². The van der Waals surface area contributed by atoms with Crippen molar-refractivity contribution >= 4 is 11.6 Å². The molecule has 88 valence electrons. The molecule has 3 unspecified atom stereocenters. The highest BCUT2D eigenvalue weighted by Crippen LogP contribution is 2.60. The van der Waals surface area contributed by atoms with Crippen LogP contribution in [0.2, 0.25) is 5.02 Å². The molecule has 16 heavy (non-hydrogen) atoms. The van der Waals surface area contributed by atoms with Gasteiger partial charge in [0, 0.05) is 7.05 Å². The van der Waals surface area contributed by atoms with Crippen LogP contribution in [0.15, 0.2) is 6.20 Å². The Balaban J connectivity index is 1.81. The van der Waals surface area contributed by atoms with Crippen molar-refractivity contribution in [1.29, 1.82) is 0 Å². The van der Waals surface area contributed by atoms with Crippen molar-refractivity contribution in [2.75, 3.05) is 0 Å². The van der Waals surface area contributed by atoms with Crippen LogP contribution in [0.1, 0.15) is 37.4 Å². The molecule has 2 aliphatic rings. The van der Waals surface area contributed by atoms with E-state index in [1.807, 2.05) is 11.7 Å². The molecule has 0 aliphatic heterocycles. The topological polar surface area (TPSA) is 43.8 Å². The first-order valence-electron chi connectivity index (χ1n) is 6.13. The van der Waals surface area contributed by atoms with E-state index in [4.69, 9.17) is 17.3 Å². The van der Waals surface area contributed by atoms with E-state index in [1.54, 1.807) is 6.20 Å². The van der Waals surface area contributed by atoms with Crippen molar-refractivity contribution in [3.63, 3.8) is 0 Å². The van der Waals surface area contributed by atoms with Crippen molar-refractivity contribution in [2.45, 2.75) is 31.7 Å². The second-order valence-electron chi connectivity index (χ2n) is 5.22. The van der Waals surface area contributed by atoms with Gasteiger partial charge in [0.1, 0.15) is 0 Å². The first-order chi connectivity index (χ1) is 7.70. The van der Waals surface area contributed by atoms with Crippen LogP contribution in [-0.4, -0.2) is 9.78 Å². The molecule has 1 aromatic heterocycles. The minimum absolute atomic E-state index is 0.0769. The van der Waals surface area contributed by atoms with Gasteiger partial charge in [0.15, 0.2) is 0 Å². The van der Waals surface area contributed by atoms with Crippen molar-refractivity contribution in [2.24, 2.45) is 30.5 Å². The maximum absolute atomic E-state index is 6.36. The largest absolute Gasteiger partial charge is 0.322 e.